The second-order valence-electron chi connectivity index (χ2n) is 3.58. The SMILES string of the molecule is CCCN(CC)C(=O)Cn1cc(CN)nn1. The monoisotopic (exact) mass is 225 g/mol. The van der Waals surface area contributed by atoms with Gasteiger partial charge in [-0.2, -0.15) is 0 Å². The maximum absolute atomic E-state index is 11.8. The number of nitrogens with two attached hydrogens (primary N) is 1. The number of hydrogen-bond acceptors (Lipinski definition) is 4. The molecule has 0 aliphatic heterocycles. The van der Waals surface area contributed by atoms with E-state index in [9.17, 15) is 4.79 Å². The molecular formula is C10H19N5O. The fraction of sp³-hybridized carbons (Fsp3) is 0.700. The maximum Gasteiger partial charge on any atom is 0.244 e. The number of carbonyl (C=O) groups excluding carboxylic acids is 1. The van der Waals surface area contributed by atoms with E-state index in [4.69, 9.17) is 5.73 Å². The third kappa shape index (κ3) is 3.30. The van der Waals surface area contributed by atoms with Crippen molar-refractivity contribution in [2.24, 2.45) is 5.73 Å². The van der Waals surface area contributed by atoms with Crippen molar-refractivity contribution in [3.05, 3.63) is 11.9 Å². The molecule has 0 unspecified atom stereocenters. The average molecular weight is 225 g/mol. The molecule has 0 spiro atoms. The van der Waals surface area contributed by atoms with E-state index in [2.05, 4.69) is 17.2 Å². The molecule has 0 bridgehead atoms. The maximum atomic E-state index is 11.8. The van der Waals surface area contributed by atoms with Crippen LogP contribution in [0.5, 0.6) is 0 Å². The topological polar surface area (TPSA) is 77.0 Å². The summed E-state index contributed by atoms with van der Waals surface area (Å²) in [5.74, 6) is 0.0674. The van der Waals surface area contributed by atoms with Gasteiger partial charge in [0.1, 0.15) is 6.54 Å². The minimum atomic E-state index is 0.0674. The number of amides is 1. The van der Waals surface area contributed by atoms with Crippen LogP contribution in [0.3, 0.4) is 0 Å². The third-order valence-electron chi connectivity index (χ3n) is 2.32. The lowest BCUT2D eigenvalue weighted by Gasteiger charge is -2.19. The molecule has 0 aromatic carbocycles. The van der Waals surface area contributed by atoms with E-state index in [0.29, 0.717) is 12.2 Å². The van der Waals surface area contributed by atoms with Gasteiger partial charge < -0.3 is 10.6 Å². The molecule has 90 valence electrons. The van der Waals surface area contributed by atoms with Crippen LogP contribution in [0.15, 0.2) is 6.20 Å². The summed E-state index contributed by atoms with van der Waals surface area (Å²) in [6.07, 6.45) is 2.67. The summed E-state index contributed by atoms with van der Waals surface area (Å²) in [6, 6.07) is 0. The molecule has 0 aliphatic carbocycles. The van der Waals surface area contributed by atoms with Gasteiger partial charge in [-0.25, -0.2) is 4.68 Å². The first-order valence-electron chi connectivity index (χ1n) is 5.58. The fourth-order valence-corrected chi connectivity index (χ4v) is 1.48. The lowest BCUT2D eigenvalue weighted by molar-refractivity contribution is -0.131. The number of rotatable bonds is 6. The minimum Gasteiger partial charge on any atom is -0.341 e. The molecule has 0 radical (unpaired) electrons. The molecule has 0 aliphatic rings. The Morgan fingerprint density at radius 2 is 2.31 bits per heavy atom. The van der Waals surface area contributed by atoms with Gasteiger partial charge in [-0.3, -0.25) is 4.79 Å². The molecule has 0 saturated heterocycles. The molecule has 2 N–H and O–H groups in total. The van der Waals surface area contributed by atoms with Crippen LogP contribution < -0.4 is 5.73 Å². The summed E-state index contributed by atoms with van der Waals surface area (Å²) >= 11 is 0. The first-order chi connectivity index (χ1) is 7.71. The highest BCUT2D eigenvalue weighted by Crippen LogP contribution is 1.97. The largest absolute Gasteiger partial charge is 0.341 e. The zero-order chi connectivity index (χ0) is 12.0. The van der Waals surface area contributed by atoms with Crippen LogP contribution in [0.1, 0.15) is 26.0 Å². The predicted octanol–water partition coefficient (Wildman–Crippen LogP) is -0.00470. The molecule has 1 aromatic rings. The highest BCUT2D eigenvalue weighted by molar-refractivity contribution is 5.75. The molecule has 1 heterocycles. The highest BCUT2D eigenvalue weighted by Gasteiger charge is 2.11. The van der Waals surface area contributed by atoms with Crippen molar-refractivity contribution >= 4 is 5.91 Å². The zero-order valence-electron chi connectivity index (χ0n) is 9.89. The molecule has 6 nitrogen and oxygen atoms in total. The van der Waals surface area contributed by atoms with E-state index < -0.39 is 0 Å². The Labute approximate surface area is 95.4 Å². The van der Waals surface area contributed by atoms with E-state index in [-0.39, 0.29) is 12.5 Å². The van der Waals surface area contributed by atoms with Crippen molar-refractivity contribution in [2.45, 2.75) is 33.4 Å². The van der Waals surface area contributed by atoms with E-state index in [0.717, 1.165) is 19.5 Å². The highest BCUT2D eigenvalue weighted by atomic mass is 16.2. The van der Waals surface area contributed by atoms with Crippen LogP contribution in [0.25, 0.3) is 0 Å². The quantitative estimate of drug-likeness (QED) is 0.739. The van der Waals surface area contributed by atoms with Crippen molar-refractivity contribution in [1.29, 1.82) is 0 Å². The van der Waals surface area contributed by atoms with Crippen LogP contribution in [0, 0.1) is 0 Å². The number of hydrogen-bond donors (Lipinski definition) is 1. The molecule has 1 rings (SSSR count). The van der Waals surface area contributed by atoms with Gasteiger partial charge in [-0.1, -0.05) is 12.1 Å². The molecule has 6 heteroatoms. The number of carbonyl (C=O) groups is 1. The van der Waals surface area contributed by atoms with Crippen molar-refractivity contribution in [3.8, 4) is 0 Å². The lowest BCUT2D eigenvalue weighted by Crippen LogP contribution is -2.34. The van der Waals surface area contributed by atoms with E-state index in [1.54, 1.807) is 6.20 Å². The number of likely N-dealkylation sites (N-methyl/N-ethyl adjacent to an activating group) is 1. The average Bonchev–Trinajstić information content (AvgIpc) is 2.73. The molecular weight excluding hydrogens is 206 g/mol. The molecule has 1 amide bonds. The number of nitrogens with zero attached hydrogens (tertiary/aromatic N) is 4. The van der Waals surface area contributed by atoms with Crippen LogP contribution >= 0.6 is 0 Å². The third-order valence-corrected chi connectivity index (χ3v) is 2.32. The summed E-state index contributed by atoms with van der Waals surface area (Å²) in [5, 5.41) is 7.68. The lowest BCUT2D eigenvalue weighted by atomic mass is 10.4. The summed E-state index contributed by atoms with van der Waals surface area (Å²) in [4.78, 5) is 13.6. The zero-order valence-corrected chi connectivity index (χ0v) is 9.89. The minimum absolute atomic E-state index is 0.0674. The van der Waals surface area contributed by atoms with Gasteiger partial charge in [0.05, 0.1) is 11.9 Å². The standard InChI is InChI=1S/C10H19N5O/c1-3-5-14(4-2)10(16)8-15-7-9(6-11)12-13-15/h7H,3-6,8,11H2,1-2H3. The summed E-state index contributed by atoms with van der Waals surface area (Å²) in [7, 11) is 0. The molecule has 0 fully saturated rings. The van der Waals surface area contributed by atoms with Crippen LogP contribution in [-0.2, 0) is 17.9 Å². The molecule has 16 heavy (non-hydrogen) atoms. The Morgan fingerprint density at radius 3 is 2.81 bits per heavy atom. The fourth-order valence-electron chi connectivity index (χ4n) is 1.48. The van der Waals surface area contributed by atoms with Gasteiger partial charge in [0.25, 0.3) is 0 Å². The predicted molar refractivity (Wildman–Crippen MR) is 60.5 cm³/mol. The van der Waals surface area contributed by atoms with E-state index >= 15 is 0 Å². The smallest absolute Gasteiger partial charge is 0.244 e. The Morgan fingerprint density at radius 1 is 1.56 bits per heavy atom. The Balaban J connectivity index is 2.55. The van der Waals surface area contributed by atoms with E-state index in [1.165, 1.54) is 4.68 Å². The van der Waals surface area contributed by atoms with Crippen molar-refractivity contribution < 1.29 is 4.79 Å². The van der Waals surface area contributed by atoms with Crippen molar-refractivity contribution in [3.63, 3.8) is 0 Å². The molecule has 0 saturated carbocycles. The Kier molecular flexibility index (Phi) is 4.91. The van der Waals surface area contributed by atoms with Gasteiger partial charge in [-0.15, -0.1) is 5.10 Å². The van der Waals surface area contributed by atoms with E-state index in [1.807, 2.05) is 11.8 Å². The van der Waals surface area contributed by atoms with Crippen LogP contribution in [0.2, 0.25) is 0 Å². The first kappa shape index (κ1) is 12.6. The summed E-state index contributed by atoms with van der Waals surface area (Å²) in [6.45, 7) is 6.12. The summed E-state index contributed by atoms with van der Waals surface area (Å²) in [5.41, 5.74) is 6.12. The Hall–Kier alpha value is -1.43. The van der Waals surface area contributed by atoms with Crippen molar-refractivity contribution in [1.82, 2.24) is 19.9 Å². The normalized spacial score (nSPS) is 10.4. The molecule has 1 aromatic heterocycles. The van der Waals surface area contributed by atoms with Crippen LogP contribution in [-0.4, -0.2) is 38.9 Å². The van der Waals surface area contributed by atoms with Gasteiger partial charge in [0.2, 0.25) is 5.91 Å². The van der Waals surface area contributed by atoms with Crippen molar-refractivity contribution in [2.75, 3.05) is 13.1 Å². The second kappa shape index (κ2) is 6.22. The van der Waals surface area contributed by atoms with Crippen LogP contribution in [0.4, 0.5) is 0 Å². The first-order valence-corrected chi connectivity index (χ1v) is 5.58. The van der Waals surface area contributed by atoms with Gasteiger partial charge >= 0.3 is 0 Å². The van der Waals surface area contributed by atoms with Gasteiger partial charge in [0.15, 0.2) is 0 Å². The molecule has 0 atom stereocenters. The summed E-state index contributed by atoms with van der Waals surface area (Å²) < 4.78 is 1.53. The number of aromatic nitrogens is 3. The Bertz CT molecular complexity index is 336. The van der Waals surface area contributed by atoms with Gasteiger partial charge in [-0.05, 0) is 13.3 Å². The second-order valence-corrected chi connectivity index (χ2v) is 3.58. The van der Waals surface area contributed by atoms with Gasteiger partial charge in [0, 0.05) is 19.6 Å².